The van der Waals surface area contributed by atoms with Gasteiger partial charge < -0.3 is 11.1 Å². The number of nitrogen functional groups attached to an aromatic ring is 1. The SMILES string of the molecule is Nc1c(C(=O)NCCc2ccccc2)sc2nc3c(cc12)CN(Cc1ccccc1)CC3. The van der Waals surface area contributed by atoms with Gasteiger partial charge in [0.2, 0.25) is 0 Å². The van der Waals surface area contributed by atoms with E-state index in [1.807, 2.05) is 24.3 Å². The van der Waals surface area contributed by atoms with Gasteiger partial charge in [-0.3, -0.25) is 9.69 Å². The van der Waals surface area contributed by atoms with E-state index in [1.165, 1.54) is 28.0 Å². The van der Waals surface area contributed by atoms with Crippen molar-refractivity contribution in [1.29, 1.82) is 0 Å². The fourth-order valence-corrected chi connectivity index (χ4v) is 5.26. The predicted molar refractivity (Wildman–Crippen MR) is 131 cm³/mol. The number of carbonyl (C=O) groups excluding carboxylic acids is 1. The molecule has 0 bridgehead atoms. The van der Waals surface area contributed by atoms with E-state index in [2.05, 4.69) is 52.7 Å². The van der Waals surface area contributed by atoms with Crippen molar-refractivity contribution in [3.63, 3.8) is 0 Å². The molecule has 0 saturated heterocycles. The summed E-state index contributed by atoms with van der Waals surface area (Å²) >= 11 is 1.39. The van der Waals surface area contributed by atoms with E-state index in [4.69, 9.17) is 10.7 Å². The molecule has 5 rings (SSSR count). The number of nitrogens with two attached hydrogens (primary N) is 1. The highest BCUT2D eigenvalue weighted by atomic mass is 32.1. The molecule has 3 N–H and O–H groups in total. The molecule has 162 valence electrons. The van der Waals surface area contributed by atoms with Crippen molar-refractivity contribution in [3.8, 4) is 0 Å². The van der Waals surface area contributed by atoms with E-state index in [-0.39, 0.29) is 5.91 Å². The van der Waals surface area contributed by atoms with Gasteiger partial charge in [0.05, 0.1) is 5.69 Å². The van der Waals surface area contributed by atoms with E-state index >= 15 is 0 Å². The van der Waals surface area contributed by atoms with E-state index in [0.717, 1.165) is 48.4 Å². The summed E-state index contributed by atoms with van der Waals surface area (Å²) in [6, 6.07) is 22.8. The first kappa shape index (κ1) is 20.7. The standard InChI is InChI=1S/C26H26N4OS/c27-23-21-15-20-17-30(16-19-9-5-2-6-10-19)14-12-22(20)29-26(21)32-24(23)25(31)28-13-11-18-7-3-1-4-8-18/h1-10,15H,11-14,16-17,27H2,(H,28,31). The third kappa shape index (κ3) is 4.38. The van der Waals surface area contributed by atoms with E-state index in [9.17, 15) is 4.79 Å². The Kier molecular flexibility index (Phi) is 5.88. The monoisotopic (exact) mass is 442 g/mol. The Balaban J connectivity index is 1.30. The maximum Gasteiger partial charge on any atom is 0.263 e. The Bertz CT molecular complexity index is 1240. The first-order valence-electron chi connectivity index (χ1n) is 11.0. The second kappa shape index (κ2) is 9.10. The number of aromatic nitrogens is 1. The summed E-state index contributed by atoms with van der Waals surface area (Å²) < 4.78 is 0. The van der Waals surface area contributed by atoms with Crippen LogP contribution < -0.4 is 11.1 Å². The lowest BCUT2D eigenvalue weighted by atomic mass is 10.0. The highest BCUT2D eigenvalue weighted by molar-refractivity contribution is 7.21. The number of rotatable bonds is 6. The second-order valence-electron chi connectivity index (χ2n) is 8.23. The van der Waals surface area contributed by atoms with Crippen molar-refractivity contribution < 1.29 is 4.79 Å². The number of fused-ring (bicyclic) bond motifs is 2. The van der Waals surface area contributed by atoms with Gasteiger partial charge in [0.1, 0.15) is 9.71 Å². The van der Waals surface area contributed by atoms with Gasteiger partial charge in [-0.25, -0.2) is 4.98 Å². The van der Waals surface area contributed by atoms with Crippen LogP contribution in [0.3, 0.4) is 0 Å². The Labute approximate surface area is 191 Å². The van der Waals surface area contributed by atoms with Crippen molar-refractivity contribution >= 4 is 33.1 Å². The largest absolute Gasteiger partial charge is 0.397 e. The summed E-state index contributed by atoms with van der Waals surface area (Å²) in [7, 11) is 0. The number of amides is 1. The highest BCUT2D eigenvalue weighted by Crippen LogP contribution is 2.35. The molecule has 0 saturated carbocycles. The lowest BCUT2D eigenvalue weighted by molar-refractivity contribution is 0.0959. The molecule has 1 amide bonds. The molecule has 0 aliphatic carbocycles. The molecule has 2 aromatic carbocycles. The van der Waals surface area contributed by atoms with Crippen LogP contribution in [0.1, 0.15) is 32.1 Å². The van der Waals surface area contributed by atoms with Crippen LogP contribution >= 0.6 is 11.3 Å². The van der Waals surface area contributed by atoms with Crippen molar-refractivity contribution in [2.75, 3.05) is 18.8 Å². The first-order valence-corrected chi connectivity index (χ1v) is 11.8. The molecule has 0 radical (unpaired) electrons. The van der Waals surface area contributed by atoms with Gasteiger partial charge in [-0.05, 0) is 29.2 Å². The number of hydrogen-bond acceptors (Lipinski definition) is 5. The first-order chi connectivity index (χ1) is 15.7. The van der Waals surface area contributed by atoms with Gasteiger partial charge in [0.25, 0.3) is 5.91 Å². The Hall–Kier alpha value is -3.22. The molecule has 32 heavy (non-hydrogen) atoms. The molecule has 2 aromatic heterocycles. The zero-order chi connectivity index (χ0) is 21.9. The van der Waals surface area contributed by atoms with Crippen LogP contribution in [0.5, 0.6) is 0 Å². The summed E-state index contributed by atoms with van der Waals surface area (Å²) in [6.07, 6.45) is 1.70. The normalized spacial score (nSPS) is 13.8. The Morgan fingerprint density at radius 2 is 1.78 bits per heavy atom. The van der Waals surface area contributed by atoms with Gasteiger partial charge >= 0.3 is 0 Å². The van der Waals surface area contributed by atoms with Crippen LogP contribution in [0, 0.1) is 0 Å². The maximum atomic E-state index is 12.8. The number of nitrogens with one attached hydrogen (secondary N) is 1. The number of hydrogen-bond donors (Lipinski definition) is 2. The number of pyridine rings is 1. The molecule has 1 aliphatic rings. The number of benzene rings is 2. The van der Waals surface area contributed by atoms with Crippen molar-refractivity contribution in [3.05, 3.63) is 94.0 Å². The van der Waals surface area contributed by atoms with Crippen LogP contribution in [0.25, 0.3) is 10.2 Å². The number of carbonyl (C=O) groups is 1. The van der Waals surface area contributed by atoms with Crippen molar-refractivity contribution in [2.24, 2.45) is 0 Å². The van der Waals surface area contributed by atoms with Crippen molar-refractivity contribution in [1.82, 2.24) is 15.2 Å². The quantitative estimate of drug-likeness (QED) is 0.464. The predicted octanol–water partition coefficient (Wildman–Crippen LogP) is 4.41. The molecule has 1 aliphatic heterocycles. The van der Waals surface area contributed by atoms with E-state index in [0.29, 0.717) is 17.1 Å². The van der Waals surface area contributed by atoms with Gasteiger partial charge in [-0.15, -0.1) is 11.3 Å². The van der Waals surface area contributed by atoms with Gasteiger partial charge in [-0.1, -0.05) is 60.7 Å². The molecule has 0 atom stereocenters. The minimum Gasteiger partial charge on any atom is -0.397 e. The lowest BCUT2D eigenvalue weighted by Gasteiger charge is -2.28. The minimum atomic E-state index is -0.120. The topological polar surface area (TPSA) is 71.2 Å². The van der Waals surface area contributed by atoms with Crippen LogP contribution in [-0.2, 0) is 25.9 Å². The minimum absolute atomic E-state index is 0.120. The summed E-state index contributed by atoms with van der Waals surface area (Å²) in [5.74, 6) is -0.120. The summed E-state index contributed by atoms with van der Waals surface area (Å²) in [6.45, 7) is 3.33. The Morgan fingerprint density at radius 1 is 1.06 bits per heavy atom. The summed E-state index contributed by atoms with van der Waals surface area (Å²) in [5.41, 5.74) is 11.8. The van der Waals surface area contributed by atoms with E-state index < -0.39 is 0 Å². The molecule has 3 heterocycles. The van der Waals surface area contributed by atoms with Crippen LogP contribution in [0.2, 0.25) is 0 Å². The summed E-state index contributed by atoms with van der Waals surface area (Å²) in [5, 5.41) is 3.90. The van der Waals surface area contributed by atoms with Crippen LogP contribution in [0.15, 0.2) is 66.7 Å². The molecule has 0 unspecified atom stereocenters. The molecule has 6 heteroatoms. The fraction of sp³-hybridized carbons (Fsp3) is 0.231. The van der Waals surface area contributed by atoms with Gasteiger partial charge in [0, 0.05) is 43.7 Å². The zero-order valence-corrected chi connectivity index (χ0v) is 18.7. The zero-order valence-electron chi connectivity index (χ0n) is 17.9. The van der Waals surface area contributed by atoms with Gasteiger partial charge in [0.15, 0.2) is 0 Å². The van der Waals surface area contributed by atoms with Gasteiger partial charge in [-0.2, -0.15) is 0 Å². The smallest absolute Gasteiger partial charge is 0.263 e. The fourth-order valence-electron chi connectivity index (χ4n) is 4.25. The Morgan fingerprint density at radius 3 is 2.53 bits per heavy atom. The average Bonchev–Trinajstić information content (AvgIpc) is 3.14. The van der Waals surface area contributed by atoms with E-state index in [1.54, 1.807) is 0 Å². The molecule has 0 fully saturated rings. The molecule has 4 aromatic rings. The van der Waals surface area contributed by atoms with Crippen molar-refractivity contribution in [2.45, 2.75) is 25.9 Å². The van der Waals surface area contributed by atoms with Crippen LogP contribution in [-0.4, -0.2) is 28.9 Å². The molecular formula is C26H26N4OS. The number of thiophene rings is 1. The number of anilines is 1. The third-order valence-corrected chi connectivity index (χ3v) is 7.06. The average molecular weight is 443 g/mol. The highest BCUT2D eigenvalue weighted by Gasteiger charge is 2.22. The second-order valence-corrected chi connectivity index (χ2v) is 9.23. The van der Waals surface area contributed by atoms with Crippen LogP contribution in [0.4, 0.5) is 5.69 Å². The number of nitrogens with zero attached hydrogens (tertiary/aromatic N) is 2. The molecular weight excluding hydrogens is 416 g/mol. The molecule has 0 spiro atoms. The third-order valence-electron chi connectivity index (χ3n) is 5.95. The lowest BCUT2D eigenvalue weighted by Crippen LogP contribution is -2.30. The summed E-state index contributed by atoms with van der Waals surface area (Å²) in [4.78, 5) is 21.5. The molecule has 5 nitrogen and oxygen atoms in total. The maximum absolute atomic E-state index is 12.8.